The SMILES string of the molecule is CN1C(=O)COc2ccc(CC(=O)N3CCCCC3)cc21. The van der Waals surface area contributed by atoms with Gasteiger partial charge in [-0.3, -0.25) is 9.59 Å². The second kappa shape index (κ2) is 5.76. The first-order valence-corrected chi connectivity index (χ1v) is 7.45. The smallest absolute Gasteiger partial charge is 0.264 e. The van der Waals surface area contributed by atoms with Gasteiger partial charge in [-0.1, -0.05) is 6.07 Å². The Hall–Kier alpha value is -2.04. The molecule has 21 heavy (non-hydrogen) atoms. The summed E-state index contributed by atoms with van der Waals surface area (Å²) in [6.07, 6.45) is 3.80. The van der Waals surface area contributed by atoms with E-state index in [1.54, 1.807) is 11.9 Å². The Morgan fingerprint density at radius 3 is 2.76 bits per heavy atom. The van der Waals surface area contributed by atoms with Crippen molar-refractivity contribution in [2.45, 2.75) is 25.7 Å². The van der Waals surface area contributed by atoms with Crippen LogP contribution in [0.1, 0.15) is 24.8 Å². The lowest BCUT2D eigenvalue weighted by Crippen LogP contribution is -2.37. The van der Waals surface area contributed by atoms with Crippen LogP contribution in [0.5, 0.6) is 5.75 Å². The predicted molar refractivity (Wildman–Crippen MR) is 79.5 cm³/mol. The first-order valence-electron chi connectivity index (χ1n) is 7.45. The largest absolute Gasteiger partial charge is 0.482 e. The van der Waals surface area contributed by atoms with Crippen LogP contribution in [0.3, 0.4) is 0 Å². The van der Waals surface area contributed by atoms with Crippen molar-refractivity contribution in [1.82, 2.24) is 4.90 Å². The van der Waals surface area contributed by atoms with Crippen molar-refractivity contribution in [2.75, 3.05) is 31.6 Å². The molecule has 5 heteroatoms. The van der Waals surface area contributed by atoms with Gasteiger partial charge < -0.3 is 14.5 Å². The Labute approximate surface area is 124 Å². The van der Waals surface area contributed by atoms with Crippen molar-refractivity contribution in [1.29, 1.82) is 0 Å². The number of amides is 2. The zero-order valence-electron chi connectivity index (χ0n) is 12.3. The fourth-order valence-corrected chi connectivity index (χ4v) is 2.86. The number of fused-ring (bicyclic) bond motifs is 1. The van der Waals surface area contributed by atoms with Gasteiger partial charge in [-0.05, 0) is 37.0 Å². The number of likely N-dealkylation sites (N-methyl/N-ethyl adjacent to an activating group) is 1. The highest BCUT2D eigenvalue weighted by Gasteiger charge is 2.23. The third-order valence-electron chi connectivity index (χ3n) is 4.17. The van der Waals surface area contributed by atoms with Crippen LogP contribution in [0.15, 0.2) is 18.2 Å². The topological polar surface area (TPSA) is 49.9 Å². The molecule has 1 saturated heterocycles. The highest BCUT2D eigenvalue weighted by atomic mass is 16.5. The summed E-state index contributed by atoms with van der Waals surface area (Å²) in [5.41, 5.74) is 1.67. The summed E-state index contributed by atoms with van der Waals surface area (Å²) in [7, 11) is 1.74. The summed E-state index contributed by atoms with van der Waals surface area (Å²) in [6.45, 7) is 1.81. The second-order valence-corrected chi connectivity index (χ2v) is 5.66. The number of likely N-dealkylation sites (tertiary alicyclic amines) is 1. The molecule has 2 aliphatic rings. The highest BCUT2D eigenvalue weighted by molar-refractivity contribution is 5.97. The molecule has 0 N–H and O–H groups in total. The van der Waals surface area contributed by atoms with E-state index in [4.69, 9.17) is 4.74 Å². The van der Waals surface area contributed by atoms with E-state index in [-0.39, 0.29) is 18.4 Å². The maximum Gasteiger partial charge on any atom is 0.264 e. The fraction of sp³-hybridized carbons (Fsp3) is 0.500. The number of benzene rings is 1. The summed E-state index contributed by atoms with van der Waals surface area (Å²) in [5, 5.41) is 0. The molecule has 3 rings (SSSR count). The van der Waals surface area contributed by atoms with E-state index in [1.165, 1.54) is 6.42 Å². The standard InChI is InChI=1S/C16H20N2O3/c1-17-13-9-12(5-6-14(13)21-11-16(17)20)10-15(19)18-7-3-2-4-8-18/h5-6,9H,2-4,7-8,10-11H2,1H3. The van der Waals surface area contributed by atoms with Gasteiger partial charge in [-0.15, -0.1) is 0 Å². The van der Waals surface area contributed by atoms with Crippen LogP contribution in [0.25, 0.3) is 0 Å². The lowest BCUT2D eigenvalue weighted by molar-refractivity contribution is -0.131. The van der Waals surface area contributed by atoms with Crippen molar-refractivity contribution in [2.24, 2.45) is 0 Å². The van der Waals surface area contributed by atoms with Crippen LogP contribution in [-0.2, 0) is 16.0 Å². The van der Waals surface area contributed by atoms with Gasteiger partial charge in [-0.2, -0.15) is 0 Å². The molecule has 1 aromatic rings. The molecule has 0 unspecified atom stereocenters. The lowest BCUT2D eigenvalue weighted by Gasteiger charge is -2.28. The number of hydrogen-bond acceptors (Lipinski definition) is 3. The van der Waals surface area contributed by atoms with E-state index in [9.17, 15) is 9.59 Å². The monoisotopic (exact) mass is 288 g/mol. The Morgan fingerprint density at radius 1 is 1.24 bits per heavy atom. The van der Waals surface area contributed by atoms with Crippen molar-refractivity contribution in [3.63, 3.8) is 0 Å². The Balaban J connectivity index is 1.74. The molecule has 0 spiro atoms. The maximum atomic E-state index is 12.3. The van der Waals surface area contributed by atoms with Gasteiger partial charge in [0.2, 0.25) is 5.91 Å². The van der Waals surface area contributed by atoms with Crippen molar-refractivity contribution < 1.29 is 14.3 Å². The maximum absolute atomic E-state index is 12.3. The normalized spacial score (nSPS) is 18.2. The Bertz CT molecular complexity index is 565. The second-order valence-electron chi connectivity index (χ2n) is 5.66. The predicted octanol–water partition coefficient (Wildman–Crippen LogP) is 1.60. The molecule has 0 bridgehead atoms. The van der Waals surface area contributed by atoms with Crippen LogP contribution in [0, 0.1) is 0 Å². The molecular weight excluding hydrogens is 268 g/mol. The van der Waals surface area contributed by atoms with E-state index in [1.807, 2.05) is 23.1 Å². The minimum absolute atomic E-state index is 0.0676. The molecule has 2 heterocycles. The molecule has 112 valence electrons. The van der Waals surface area contributed by atoms with E-state index in [0.29, 0.717) is 12.2 Å². The number of hydrogen-bond donors (Lipinski definition) is 0. The number of piperidine rings is 1. The number of ether oxygens (including phenoxy) is 1. The molecule has 0 atom stereocenters. The average molecular weight is 288 g/mol. The quantitative estimate of drug-likeness (QED) is 0.830. The van der Waals surface area contributed by atoms with Gasteiger partial charge in [0.15, 0.2) is 6.61 Å². The third-order valence-corrected chi connectivity index (χ3v) is 4.17. The van der Waals surface area contributed by atoms with E-state index in [0.717, 1.165) is 37.2 Å². The van der Waals surface area contributed by atoms with Crippen LogP contribution in [-0.4, -0.2) is 43.5 Å². The van der Waals surface area contributed by atoms with Crippen LogP contribution in [0.2, 0.25) is 0 Å². The molecule has 0 saturated carbocycles. The van der Waals surface area contributed by atoms with Gasteiger partial charge >= 0.3 is 0 Å². The van der Waals surface area contributed by atoms with Gasteiger partial charge in [-0.25, -0.2) is 0 Å². The van der Waals surface area contributed by atoms with Crippen molar-refractivity contribution in [3.8, 4) is 5.75 Å². The minimum Gasteiger partial charge on any atom is -0.482 e. The van der Waals surface area contributed by atoms with E-state index >= 15 is 0 Å². The lowest BCUT2D eigenvalue weighted by atomic mass is 10.1. The van der Waals surface area contributed by atoms with Crippen molar-refractivity contribution in [3.05, 3.63) is 23.8 Å². The van der Waals surface area contributed by atoms with Crippen LogP contribution >= 0.6 is 0 Å². The number of nitrogens with zero attached hydrogens (tertiary/aromatic N) is 2. The molecule has 0 radical (unpaired) electrons. The summed E-state index contributed by atoms with van der Waals surface area (Å²) in [4.78, 5) is 27.5. The van der Waals surface area contributed by atoms with Gasteiger partial charge in [0.25, 0.3) is 5.91 Å². The average Bonchev–Trinajstić information content (AvgIpc) is 2.52. The van der Waals surface area contributed by atoms with Crippen LogP contribution in [0.4, 0.5) is 5.69 Å². The summed E-state index contributed by atoms with van der Waals surface area (Å²) >= 11 is 0. The third kappa shape index (κ3) is 2.86. The number of anilines is 1. The molecular formula is C16H20N2O3. The molecule has 1 aromatic carbocycles. The first kappa shape index (κ1) is 13.9. The molecule has 2 aliphatic heterocycles. The summed E-state index contributed by atoms with van der Waals surface area (Å²) in [6, 6.07) is 5.63. The van der Waals surface area contributed by atoms with Gasteiger partial charge in [0.05, 0.1) is 12.1 Å². The van der Waals surface area contributed by atoms with E-state index in [2.05, 4.69) is 0 Å². The highest BCUT2D eigenvalue weighted by Crippen LogP contribution is 2.32. The fourth-order valence-electron chi connectivity index (χ4n) is 2.86. The Kier molecular flexibility index (Phi) is 3.82. The summed E-state index contributed by atoms with van der Waals surface area (Å²) < 4.78 is 5.40. The zero-order valence-corrected chi connectivity index (χ0v) is 12.3. The van der Waals surface area contributed by atoms with Crippen LogP contribution < -0.4 is 9.64 Å². The van der Waals surface area contributed by atoms with Gasteiger partial charge in [0, 0.05) is 20.1 Å². The zero-order chi connectivity index (χ0) is 14.8. The van der Waals surface area contributed by atoms with Crippen molar-refractivity contribution >= 4 is 17.5 Å². The van der Waals surface area contributed by atoms with E-state index < -0.39 is 0 Å². The molecule has 5 nitrogen and oxygen atoms in total. The minimum atomic E-state index is -0.0676. The number of carbonyl (C=O) groups excluding carboxylic acids is 2. The molecule has 0 aromatic heterocycles. The Morgan fingerprint density at radius 2 is 2.00 bits per heavy atom. The molecule has 1 fully saturated rings. The molecule has 0 aliphatic carbocycles. The van der Waals surface area contributed by atoms with Gasteiger partial charge in [0.1, 0.15) is 5.75 Å². The number of carbonyl (C=O) groups is 2. The molecule has 2 amide bonds. The summed E-state index contributed by atoms with van der Waals surface area (Å²) in [5.74, 6) is 0.800. The number of rotatable bonds is 2. The first-order chi connectivity index (χ1) is 10.1.